The summed E-state index contributed by atoms with van der Waals surface area (Å²) in [5.74, 6) is 1.10. The van der Waals surface area contributed by atoms with Crippen molar-refractivity contribution in [1.29, 1.82) is 0 Å². The number of rotatable bonds is 3. The van der Waals surface area contributed by atoms with Gasteiger partial charge in [-0.05, 0) is 49.5 Å². The zero-order chi connectivity index (χ0) is 16.3. The SMILES string of the molecule is Cl.FC(F)(F)c1cnc(Oc2ccc(C3CCNCC3)cc2)cn1. The molecule has 1 N–H and O–H groups in total. The Morgan fingerprint density at radius 3 is 2.21 bits per heavy atom. The highest BCUT2D eigenvalue weighted by molar-refractivity contribution is 5.85. The van der Waals surface area contributed by atoms with Crippen LogP contribution in [0, 0.1) is 0 Å². The molecule has 1 aromatic carbocycles. The molecule has 130 valence electrons. The lowest BCUT2D eigenvalue weighted by atomic mass is 9.90. The summed E-state index contributed by atoms with van der Waals surface area (Å²) >= 11 is 0. The molecule has 0 spiro atoms. The molecule has 4 nitrogen and oxygen atoms in total. The van der Waals surface area contributed by atoms with E-state index in [1.165, 1.54) is 5.56 Å². The summed E-state index contributed by atoms with van der Waals surface area (Å²) in [6, 6.07) is 7.58. The number of halogens is 4. The molecule has 1 aliphatic rings. The average Bonchev–Trinajstić information content (AvgIpc) is 2.56. The lowest BCUT2D eigenvalue weighted by molar-refractivity contribution is -0.141. The van der Waals surface area contributed by atoms with Crippen molar-refractivity contribution in [2.75, 3.05) is 13.1 Å². The van der Waals surface area contributed by atoms with E-state index in [0.29, 0.717) is 17.9 Å². The monoisotopic (exact) mass is 359 g/mol. The van der Waals surface area contributed by atoms with Gasteiger partial charge in [-0.3, -0.25) is 0 Å². The Kier molecular flexibility index (Phi) is 6.01. The van der Waals surface area contributed by atoms with Gasteiger partial charge in [0.15, 0.2) is 5.69 Å². The second-order valence-electron chi connectivity index (χ2n) is 5.43. The fourth-order valence-electron chi connectivity index (χ4n) is 2.60. The number of hydrogen-bond acceptors (Lipinski definition) is 4. The molecule has 1 fully saturated rings. The minimum Gasteiger partial charge on any atom is -0.438 e. The van der Waals surface area contributed by atoms with E-state index in [-0.39, 0.29) is 18.3 Å². The first kappa shape index (κ1) is 18.5. The van der Waals surface area contributed by atoms with E-state index in [0.717, 1.165) is 32.1 Å². The standard InChI is InChI=1S/C16H16F3N3O.ClH/c17-16(18,19)14-9-22-15(10-21-14)23-13-3-1-11(2-4-13)12-5-7-20-8-6-12;/h1-4,9-10,12,20H,5-8H2;1H. The Balaban J connectivity index is 0.00000208. The molecule has 0 saturated carbocycles. The normalized spacial score (nSPS) is 15.6. The van der Waals surface area contributed by atoms with Crippen molar-refractivity contribution < 1.29 is 17.9 Å². The molecule has 1 aromatic heterocycles. The summed E-state index contributed by atoms with van der Waals surface area (Å²) in [4.78, 5) is 6.96. The van der Waals surface area contributed by atoms with Gasteiger partial charge in [0.05, 0.1) is 12.4 Å². The molecule has 1 saturated heterocycles. The summed E-state index contributed by atoms with van der Waals surface area (Å²) in [5.41, 5.74) is 0.212. The maximum atomic E-state index is 12.4. The minimum absolute atomic E-state index is 0. The molecule has 8 heteroatoms. The number of nitrogens with zero attached hydrogens (tertiary/aromatic N) is 2. The van der Waals surface area contributed by atoms with Gasteiger partial charge in [-0.1, -0.05) is 12.1 Å². The van der Waals surface area contributed by atoms with Crippen molar-refractivity contribution in [3.8, 4) is 11.6 Å². The molecule has 2 aromatic rings. The first-order chi connectivity index (χ1) is 11.0. The Morgan fingerprint density at radius 2 is 1.67 bits per heavy atom. The molecule has 0 unspecified atom stereocenters. The zero-order valence-corrected chi connectivity index (χ0v) is 13.5. The Labute approximate surface area is 143 Å². The number of hydrogen-bond donors (Lipinski definition) is 1. The second-order valence-corrected chi connectivity index (χ2v) is 5.43. The highest BCUT2D eigenvalue weighted by atomic mass is 35.5. The number of ether oxygens (including phenoxy) is 1. The third-order valence-corrected chi connectivity index (χ3v) is 3.83. The summed E-state index contributed by atoms with van der Waals surface area (Å²) in [7, 11) is 0. The lowest BCUT2D eigenvalue weighted by Crippen LogP contribution is -2.26. The van der Waals surface area contributed by atoms with Gasteiger partial charge in [0.25, 0.3) is 0 Å². The van der Waals surface area contributed by atoms with Crippen LogP contribution < -0.4 is 10.1 Å². The van der Waals surface area contributed by atoms with E-state index in [1.807, 2.05) is 12.1 Å². The first-order valence-corrected chi connectivity index (χ1v) is 7.40. The quantitative estimate of drug-likeness (QED) is 0.893. The fraction of sp³-hybridized carbons (Fsp3) is 0.375. The van der Waals surface area contributed by atoms with Gasteiger partial charge in [0.1, 0.15) is 5.75 Å². The van der Waals surface area contributed by atoms with Gasteiger partial charge in [-0.2, -0.15) is 13.2 Å². The van der Waals surface area contributed by atoms with Crippen molar-refractivity contribution >= 4 is 12.4 Å². The van der Waals surface area contributed by atoms with Crippen molar-refractivity contribution in [1.82, 2.24) is 15.3 Å². The van der Waals surface area contributed by atoms with Crippen molar-refractivity contribution in [2.45, 2.75) is 24.9 Å². The van der Waals surface area contributed by atoms with Gasteiger partial charge in [-0.15, -0.1) is 12.4 Å². The summed E-state index contributed by atoms with van der Waals surface area (Å²) < 4.78 is 42.7. The van der Waals surface area contributed by atoms with E-state index in [1.54, 1.807) is 12.1 Å². The third kappa shape index (κ3) is 4.58. The molecule has 24 heavy (non-hydrogen) atoms. The number of piperidine rings is 1. The van der Waals surface area contributed by atoms with Crippen LogP contribution in [0.4, 0.5) is 13.2 Å². The lowest BCUT2D eigenvalue weighted by Gasteiger charge is -2.23. The fourth-order valence-corrected chi connectivity index (χ4v) is 2.60. The van der Waals surface area contributed by atoms with Gasteiger partial charge >= 0.3 is 6.18 Å². The minimum atomic E-state index is -4.50. The number of aromatic nitrogens is 2. The topological polar surface area (TPSA) is 47.0 Å². The molecular weight excluding hydrogens is 343 g/mol. The van der Waals surface area contributed by atoms with Crippen LogP contribution in [0.2, 0.25) is 0 Å². The number of benzene rings is 1. The smallest absolute Gasteiger partial charge is 0.434 e. The Hall–Kier alpha value is -1.86. The van der Waals surface area contributed by atoms with Crippen molar-refractivity contribution in [3.63, 3.8) is 0 Å². The second kappa shape index (κ2) is 7.81. The number of alkyl halides is 3. The van der Waals surface area contributed by atoms with E-state index >= 15 is 0 Å². The third-order valence-electron chi connectivity index (χ3n) is 3.83. The highest BCUT2D eigenvalue weighted by Gasteiger charge is 2.32. The molecule has 0 aliphatic carbocycles. The molecular formula is C16H17ClF3N3O. The molecule has 3 rings (SSSR count). The molecule has 2 heterocycles. The van der Waals surface area contributed by atoms with Gasteiger partial charge in [0, 0.05) is 0 Å². The van der Waals surface area contributed by atoms with Crippen LogP contribution in [0.5, 0.6) is 11.6 Å². The summed E-state index contributed by atoms with van der Waals surface area (Å²) in [5, 5.41) is 3.32. The van der Waals surface area contributed by atoms with E-state index in [2.05, 4.69) is 15.3 Å². The van der Waals surface area contributed by atoms with Crippen LogP contribution in [0.3, 0.4) is 0 Å². The highest BCUT2D eigenvalue weighted by Crippen LogP contribution is 2.29. The molecule has 0 radical (unpaired) electrons. The predicted octanol–water partition coefficient (Wildman–Crippen LogP) is 4.18. The maximum absolute atomic E-state index is 12.4. The van der Waals surface area contributed by atoms with Crippen LogP contribution in [-0.2, 0) is 6.18 Å². The van der Waals surface area contributed by atoms with Crippen LogP contribution >= 0.6 is 12.4 Å². The van der Waals surface area contributed by atoms with E-state index < -0.39 is 11.9 Å². The van der Waals surface area contributed by atoms with Gasteiger partial charge in [-0.25, -0.2) is 9.97 Å². The average molecular weight is 360 g/mol. The summed E-state index contributed by atoms with van der Waals surface area (Å²) in [6.45, 7) is 2.04. The Bertz CT molecular complexity index is 641. The number of nitrogens with one attached hydrogen (secondary N) is 1. The van der Waals surface area contributed by atoms with E-state index in [4.69, 9.17) is 4.74 Å². The van der Waals surface area contributed by atoms with Crippen LogP contribution in [0.25, 0.3) is 0 Å². The molecule has 0 atom stereocenters. The zero-order valence-electron chi connectivity index (χ0n) is 12.7. The first-order valence-electron chi connectivity index (χ1n) is 7.40. The van der Waals surface area contributed by atoms with Gasteiger partial charge < -0.3 is 10.1 Å². The largest absolute Gasteiger partial charge is 0.438 e. The van der Waals surface area contributed by atoms with Crippen LogP contribution in [0.15, 0.2) is 36.7 Å². The van der Waals surface area contributed by atoms with Crippen molar-refractivity contribution in [2.24, 2.45) is 0 Å². The van der Waals surface area contributed by atoms with Gasteiger partial charge in [0.2, 0.25) is 5.88 Å². The summed E-state index contributed by atoms with van der Waals surface area (Å²) in [6.07, 6.45) is -0.653. The predicted molar refractivity (Wildman–Crippen MR) is 85.6 cm³/mol. The van der Waals surface area contributed by atoms with Crippen LogP contribution in [-0.4, -0.2) is 23.1 Å². The van der Waals surface area contributed by atoms with Crippen molar-refractivity contribution in [3.05, 3.63) is 47.9 Å². The molecule has 1 aliphatic heterocycles. The Morgan fingerprint density at radius 1 is 1.00 bits per heavy atom. The molecule has 0 bridgehead atoms. The molecule has 0 amide bonds. The van der Waals surface area contributed by atoms with E-state index in [9.17, 15) is 13.2 Å². The van der Waals surface area contributed by atoms with Crippen LogP contribution in [0.1, 0.15) is 30.0 Å². The maximum Gasteiger partial charge on any atom is 0.434 e.